The predicted molar refractivity (Wildman–Crippen MR) is 314 cm³/mol. The molecule has 1 fully saturated rings. The second-order valence-corrected chi connectivity index (χ2v) is 26.0. The first kappa shape index (κ1) is 61.4. The molecule has 0 aromatic heterocycles. The van der Waals surface area contributed by atoms with Gasteiger partial charge in [0.05, 0.1) is 85.5 Å². The third-order valence-electron chi connectivity index (χ3n) is 14.4. The van der Waals surface area contributed by atoms with Crippen molar-refractivity contribution in [2.24, 2.45) is 11.1 Å². The van der Waals surface area contributed by atoms with Crippen molar-refractivity contribution in [1.29, 1.82) is 0 Å². The number of amides is 1. The molecule has 0 aliphatic carbocycles. The van der Waals surface area contributed by atoms with Crippen LogP contribution in [0.2, 0.25) is 5.04 Å². The van der Waals surface area contributed by atoms with Crippen LogP contribution in [0.15, 0.2) is 152 Å². The van der Waals surface area contributed by atoms with Gasteiger partial charge in [-0.3, -0.25) is 9.59 Å². The lowest BCUT2D eigenvalue weighted by Gasteiger charge is -2.43. The van der Waals surface area contributed by atoms with Gasteiger partial charge in [0, 0.05) is 19.6 Å². The number of esters is 1. The van der Waals surface area contributed by atoms with E-state index in [-0.39, 0.29) is 50.6 Å². The average Bonchev–Trinajstić information content (AvgIpc) is 3.52. The Morgan fingerprint density at radius 1 is 0.537 bits per heavy atom. The summed E-state index contributed by atoms with van der Waals surface area (Å²) in [5, 5.41) is 2.39. The van der Waals surface area contributed by atoms with E-state index in [0.29, 0.717) is 57.7 Å². The largest absolute Gasteiger partial charge is 0.493 e. The van der Waals surface area contributed by atoms with Gasteiger partial charge in [-0.15, -0.1) is 0 Å². The van der Waals surface area contributed by atoms with Crippen LogP contribution in [0.4, 0.5) is 0 Å². The summed E-state index contributed by atoms with van der Waals surface area (Å²) in [4.78, 5) is 24.7. The summed E-state index contributed by atoms with van der Waals surface area (Å²) in [6.07, 6.45) is 5.03. The Morgan fingerprint density at radius 3 is 1.49 bits per heavy atom. The Labute approximate surface area is 475 Å². The summed E-state index contributed by atoms with van der Waals surface area (Å²) >= 11 is 0. The van der Waals surface area contributed by atoms with Gasteiger partial charge < -0.3 is 52.8 Å². The van der Waals surface area contributed by atoms with Crippen LogP contribution in [0.25, 0.3) is 0 Å². The number of carbonyl (C=O) groups is 2. The van der Waals surface area contributed by atoms with E-state index >= 15 is 0 Å². The first-order valence-electron chi connectivity index (χ1n) is 28.0. The Bertz CT molecular complexity index is 2710. The van der Waals surface area contributed by atoms with Crippen molar-refractivity contribution in [2.45, 2.75) is 110 Å². The molecule has 1 saturated heterocycles. The van der Waals surface area contributed by atoms with Crippen LogP contribution in [0.3, 0.4) is 0 Å². The molecule has 1 heterocycles. The van der Waals surface area contributed by atoms with Gasteiger partial charge in [0.15, 0.2) is 17.8 Å². The van der Waals surface area contributed by atoms with E-state index in [9.17, 15) is 9.59 Å². The topological polar surface area (TPSA) is 152 Å². The van der Waals surface area contributed by atoms with Crippen molar-refractivity contribution in [3.63, 3.8) is 0 Å². The van der Waals surface area contributed by atoms with Crippen molar-refractivity contribution >= 4 is 30.6 Å². The highest BCUT2D eigenvalue weighted by atomic mass is 28.4. The Morgan fingerprint density at radius 2 is 1.01 bits per heavy atom. The van der Waals surface area contributed by atoms with Crippen molar-refractivity contribution < 1.29 is 56.6 Å². The van der Waals surface area contributed by atoms with Gasteiger partial charge in [-0.1, -0.05) is 160 Å². The maximum atomic E-state index is 13.1. The molecule has 0 spiro atoms. The number of carbonyl (C=O) groups excluding carboxylic acids is 2. The molecule has 1 amide bonds. The molecule has 1 aliphatic rings. The zero-order chi connectivity index (χ0) is 56.5. The summed E-state index contributed by atoms with van der Waals surface area (Å²) in [6, 6.07) is 52.2. The fourth-order valence-electron chi connectivity index (χ4n) is 9.93. The molecule has 13 nitrogen and oxygen atoms in total. The summed E-state index contributed by atoms with van der Waals surface area (Å²) < 4.78 is 61.1. The maximum absolute atomic E-state index is 13.1. The van der Waals surface area contributed by atoms with Crippen LogP contribution in [0.5, 0.6) is 11.5 Å². The molecule has 14 heteroatoms. The molecule has 80 heavy (non-hydrogen) atoms. The highest BCUT2D eigenvalue weighted by Gasteiger charge is 2.50. The molecule has 2 unspecified atom stereocenters. The van der Waals surface area contributed by atoms with Crippen molar-refractivity contribution in [1.82, 2.24) is 0 Å². The molecule has 428 valence electrons. The summed E-state index contributed by atoms with van der Waals surface area (Å²) in [5.74, 6) is 0.226. The third-order valence-corrected chi connectivity index (χ3v) is 19.5. The number of hydrogen-bond donors (Lipinski definition) is 1. The van der Waals surface area contributed by atoms with E-state index in [1.807, 2.05) is 30.3 Å². The lowest BCUT2D eigenvalue weighted by molar-refractivity contribution is -0.161. The van der Waals surface area contributed by atoms with Gasteiger partial charge in [0.1, 0.15) is 6.61 Å². The monoisotopic (exact) mass is 1110 g/mol. The molecule has 6 aromatic rings. The lowest BCUT2D eigenvalue weighted by atomic mass is 9.92. The fourth-order valence-corrected chi connectivity index (χ4v) is 14.5. The molecule has 1 aliphatic heterocycles. The van der Waals surface area contributed by atoms with Gasteiger partial charge in [0.25, 0.3) is 8.32 Å². The predicted octanol–water partition coefficient (Wildman–Crippen LogP) is 10.4. The summed E-state index contributed by atoms with van der Waals surface area (Å²) in [6.45, 7) is 11.1. The molecule has 2 N–H and O–H groups in total. The van der Waals surface area contributed by atoms with Crippen LogP contribution in [0.1, 0.15) is 91.8 Å². The molecule has 0 saturated carbocycles. The number of methoxy groups -OCH3 is 2. The van der Waals surface area contributed by atoms with Gasteiger partial charge in [-0.2, -0.15) is 0 Å². The average molecular weight is 1110 g/mol. The highest BCUT2D eigenvalue weighted by molar-refractivity contribution is 6.99. The van der Waals surface area contributed by atoms with Crippen molar-refractivity contribution in [3.05, 3.63) is 191 Å². The van der Waals surface area contributed by atoms with Crippen LogP contribution in [-0.4, -0.2) is 93.6 Å². The van der Waals surface area contributed by atoms with Gasteiger partial charge in [0.2, 0.25) is 5.91 Å². The Balaban J connectivity index is 0.995. The smallest absolute Gasteiger partial charge is 0.306 e. The number of hydrogen-bond acceptors (Lipinski definition) is 12. The van der Waals surface area contributed by atoms with E-state index in [4.69, 9.17) is 52.8 Å². The van der Waals surface area contributed by atoms with Crippen molar-refractivity contribution in [3.8, 4) is 11.5 Å². The number of rotatable bonds is 34. The standard InChI is InChI=1S/C66H83NO12Si/c1-65(2,3)80(58-14-8-6-9-15-58,59-16-10-7-11-17-59)79-41-37-53-23-29-56(30-24-53)45-75-49-66(50-78-63(69)34-33-62(67)68,48-74-44-55-27-21-52(22-28-55)36-40-77-64-18-12-13-38-76-64)47-73-43-54-25-19-51(20-26-54)35-39-72-46-57-31-32-60(70-4)61(42-57)71-5/h6-11,14-17,19-32,42,64H,12-13,18,33-41,43-50H2,1-5H3,(H2,67,68). The van der Waals surface area contributed by atoms with E-state index in [1.54, 1.807) is 14.2 Å². The SMILES string of the molecule is COc1ccc(COCCc2ccc(COCC(COCc3ccc(CCOC4CCCCO4)cc3)(COCc3ccc(CCO[Si](c4ccccc4)(c4ccccc4)C(C)(C)C)cc3)COC(=O)CCC(N)=O)cc2)cc1OC. The van der Waals surface area contributed by atoms with Gasteiger partial charge in [-0.05, 0) is 105 Å². The second kappa shape index (κ2) is 31.7. The first-order valence-corrected chi connectivity index (χ1v) is 30.0. The van der Waals surface area contributed by atoms with Crippen molar-refractivity contribution in [2.75, 3.05) is 67.1 Å². The number of nitrogens with two attached hydrogens (primary N) is 1. The third kappa shape index (κ3) is 19.0. The first-order chi connectivity index (χ1) is 38.9. The van der Waals surface area contributed by atoms with E-state index in [1.165, 1.54) is 10.4 Å². The summed E-state index contributed by atoms with van der Waals surface area (Å²) in [5.41, 5.74) is 11.9. The zero-order valence-electron chi connectivity index (χ0n) is 47.6. The normalized spacial score (nSPS) is 14.5. The number of benzene rings is 6. The zero-order valence-corrected chi connectivity index (χ0v) is 48.6. The van der Waals surface area contributed by atoms with Crippen LogP contribution >= 0.6 is 0 Å². The van der Waals surface area contributed by atoms with E-state index < -0.39 is 25.6 Å². The highest BCUT2D eigenvalue weighted by Crippen LogP contribution is 2.37. The minimum absolute atomic E-state index is 0.0687. The molecule has 7 rings (SSSR count). The molecule has 2 atom stereocenters. The molecule has 6 aromatic carbocycles. The number of primary amides is 1. The quantitative estimate of drug-likeness (QED) is 0.0233. The fraction of sp³-hybridized carbons (Fsp3) is 0.424. The number of ether oxygens (including phenoxy) is 9. The van der Waals surface area contributed by atoms with Crippen LogP contribution < -0.4 is 25.6 Å². The van der Waals surface area contributed by atoms with E-state index in [2.05, 4.69) is 142 Å². The molecule has 0 radical (unpaired) electrons. The van der Waals surface area contributed by atoms with Gasteiger partial charge in [-0.25, -0.2) is 0 Å². The molecule has 0 bridgehead atoms. The molecular weight excluding hydrogens is 1030 g/mol. The van der Waals surface area contributed by atoms with Crippen LogP contribution in [0, 0.1) is 5.41 Å². The lowest BCUT2D eigenvalue weighted by Crippen LogP contribution is -2.66. The van der Waals surface area contributed by atoms with Gasteiger partial charge >= 0.3 is 5.97 Å². The molecular formula is C66H83NO12Si. The second-order valence-electron chi connectivity index (χ2n) is 21.7. The maximum Gasteiger partial charge on any atom is 0.306 e. The van der Waals surface area contributed by atoms with Crippen LogP contribution in [-0.2, 0) is 92.9 Å². The summed E-state index contributed by atoms with van der Waals surface area (Å²) in [7, 11) is 0.562. The van der Waals surface area contributed by atoms with E-state index in [0.717, 1.165) is 84.1 Å². The minimum atomic E-state index is -2.68. The Hall–Kier alpha value is -6.20. The minimum Gasteiger partial charge on any atom is -0.493 e. The Kier molecular flexibility index (Phi) is 24.3.